The van der Waals surface area contributed by atoms with Crippen molar-refractivity contribution < 1.29 is 4.74 Å². The van der Waals surface area contributed by atoms with Gasteiger partial charge in [0.15, 0.2) is 0 Å². The summed E-state index contributed by atoms with van der Waals surface area (Å²) in [7, 11) is 0. The summed E-state index contributed by atoms with van der Waals surface area (Å²) in [5.41, 5.74) is 3.74. The van der Waals surface area contributed by atoms with Crippen molar-refractivity contribution in [3.05, 3.63) is 41.2 Å². The van der Waals surface area contributed by atoms with E-state index >= 15 is 0 Å². The third kappa shape index (κ3) is 3.26. The van der Waals surface area contributed by atoms with E-state index in [9.17, 15) is 0 Å². The minimum absolute atomic E-state index is 0.366. The molecule has 2 bridgehead atoms. The Bertz CT molecular complexity index is 833. The summed E-state index contributed by atoms with van der Waals surface area (Å²) in [6, 6.07) is 0.965. The molecule has 148 valence electrons. The second-order valence-corrected chi connectivity index (χ2v) is 8.40. The molecule has 2 aromatic heterocycles. The highest BCUT2D eigenvalue weighted by Crippen LogP contribution is 2.43. The summed E-state index contributed by atoms with van der Waals surface area (Å²) < 4.78 is 5.45. The average Bonchev–Trinajstić information content (AvgIpc) is 3.00. The number of aromatic nitrogens is 4. The molecule has 0 radical (unpaired) electrons. The normalized spacial score (nSPS) is 24.6. The Morgan fingerprint density at radius 2 is 1.86 bits per heavy atom. The van der Waals surface area contributed by atoms with Crippen LogP contribution in [-0.2, 0) is 17.7 Å². The smallest absolute Gasteiger partial charge is 0.225 e. The molecule has 0 aromatic carbocycles. The van der Waals surface area contributed by atoms with Crippen molar-refractivity contribution in [1.82, 2.24) is 24.8 Å². The Labute approximate surface area is 166 Å². The van der Waals surface area contributed by atoms with E-state index in [4.69, 9.17) is 14.7 Å². The molecule has 0 N–H and O–H groups in total. The van der Waals surface area contributed by atoms with Gasteiger partial charge in [0.2, 0.25) is 5.95 Å². The topological polar surface area (TPSA) is 67.3 Å². The molecule has 3 aliphatic heterocycles. The molecule has 0 saturated carbocycles. The van der Waals surface area contributed by atoms with Gasteiger partial charge in [-0.3, -0.25) is 4.90 Å². The Kier molecular flexibility index (Phi) is 4.72. The maximum atomic E-state index is 5.45. The van der Waals surface area contributed by atoms with Crippen molar-refractivity contribution in [3.63, 3.8) is 0 Å². The van der Waals surface area contributed by atoms with Crippen LogP contribution in [0.25, 0.3) is 0 Å². The molecule has 5 rings (SSSR count). The highest BCUT2D eigenvalue weighted by molar-refractivity contribution is 5.37. The summed E-state index contributed by atoms with van der Waals surface area (Å²) >= 11 is 0. The largest absolute Gasteiger partial charge is 0.378 e. The predicted octanol–water partition coefficient (Wildman–Crippen LogP) is 2.49. The zero-order valence-electron chi connectivity index (χ0n) is 16.7. The van der Waals surface area contributed by atoms with Crippen molar-refractivity contribution in [3.8, 4) is 0 Å². The summed E-state index contributed by atoms with van der Waals surface area (Å²) in [6.45, 7) is 8.44. The minimum atomic E-state index is 0.366. The SMILES string of the molecule is CC(C)c1ncc(CN2C3CCC2c2cnc(N4CCOCC4)nc2C3)cn1. The Hall–Kier alpha value is -2.12. The van der Waals surface area contributed by atoms with Gasteiger partial charge in [0, 0.05) is 73.8 Å². The van der Waals surface area contributed by atoms with E-state index in [1.165, 1.54) is 29.7 Å². The van der Waals surface area contributed by atoms with E-state index in [0.717, 1.165) is 51.0 Å². The van der Waals surface area contributed by atoms with Crippen molar-refractivity contribution in [2.45, 2.75) is 57.7 Å². The number of ether oxygens (including phenoxy) is 1. The molecule has 0 spiro atoms. The van der Waals surface area contributed by atoms with Crippen LogP contribution in [0.2, 0.25) is 0 Å². The van der Waals surface area contributed by atoms with Gasteiger partial charge in [0.1, 0.15) is 5.82 Å². The fourth-order valence-electron chi connectivity index (χ4n) is 4.68. The zero-order valence-corrected chi connectivity index (χ0v) is 16.7. The Balaban J connectivity index is 1.35. The highest BCUT2D eigenvalue weighted by atomic mass is 16.5. The number of fused-ring (bicyclic) bond motifs is 4. The molecule has 2 unspecified atom stereocenters. The number of anilines is 1. The first-order valence-corrected chi connectivity index (χ1v) is 10.4. The van der Waals surface area contributed by atoms with E-state index in [1.807, 2.05) is 12.4 Å². The van der Waals surface area contributed by atoms with Gasteiger partial charge in [-0.15, -0.1) is 0 Å². The van der Waals surface area contributed by atoms with E-state index in [1.54, 1.807) is 0 Å². The summed E-state index contributed by atoms with van der Waals surface area (Å²) in [4.78, 5) is 23.6. The molecule has 28 heavy (non-hydrogen) atoms. The predicted molar refractivity (Wildman–Crippen MR) is 106 cm³/mol. The lowest BCUT2D eigenvalue weighted by molar-refractivity contribution is 0.122. The van der Waals surface area contributed by atoms with E-state index in [2.05, 4.69) is 39.8 Å². The molecule has 2 aromatic rings. The molecule has 2 fully saturated rings. The third-order valence-corrected chi connectivity index (χ3v) is 6.22. The average molecular weight is 380 g/mol. The van der Waals surface area contributed by atoms with Crippen LogP contribution in [-0.4, -0.2) is 57.2 Å². The van der Waals surface area contributed by atoms with Gasteiger partial charge >= 0.3 is 0 Å². The summed E-state index contributed by atoms with van der Waals surface area (Å²) in [5.74, 6) is 2.15. The molecule has 0 aliphatic carbocycles. The number of morpholine rings is 1. The van der Waals surface area contributed by atoms with Crippen LogP contribution < -0.4 is 4.90 Å². The summed E-state index contributed by atoms with van der Waals surface area (Å²) in [5, 5.41) is 0. The molecule has 2 saturated heterocycles. The number of hydrogen-bond donors (Lipinski definition) is 0. The lowest BCUT2D eigenvalue weighted by Crippen LogP contribution is -2.40. The monoisotopic (exact) mass is 380 g/mol. The fraction of sp³-hybridized carbons (Fsp3) is 0.619. The quantitative estimate of drug-likeness (QED) is 0.807. The van der Waals surface area contributed by atoms with Crippen LogP contribution in [0, 0.1) is 0 Å². The molecule has 5 heterocycles. The minimum Gasteiger partial charge on any atom is -0.378 e. The van der Waals surface area contributed by atoms with Crippen LogP contribution >= 0.6 is 0 Å². The van der Waals surface area contributed by atoms with E-state index in [0.29, 0.717) is 18.0 Å². The molecular weight excluding hydrogens is 352 g/mol. The Morgan fingerprint density at radius 1 is 1.07 bits per heavy atom. The number of rotatable bonds is 4. The highest BCUT2D eigenvalue weighted by Gasteiger charge is 2.41. The molecular formula is C21H28N6O. The standard InChI is InChI=1S/C21H28N6O/c1-14(2)20-22-10-15(11-23-20)13-27-16-3-4-19(27)17-12-24-21(25-18(17)9-16)26-5-7-28-8-6-26/h10-12,14,16,19H,3-9,13H2,1-2H3. The van der Waals surface area contributed by atoms with Crippen LogP contribution in [0.3, 0.4) is 0 Å². The van der Waals surface area contributed by atoms with Crippen LogP contribution in [0.4, 0.5) is 5.95 Å². The van der Waals surface area contributed by atoms with Gasteiger partial charge in [-0.1, -0.05) is 13.8 Å². The first kappa shape index (κ1) is 17.9. The van der Waals surface area contributed by atoms with Crippen LogP contribution in [0.15, 0.2) is 18.6 Å². The van der Waals surface area contributed by atoms with Gasteiger partial charge in [-0.2, -0.15) is 0 Å². The van der Waals surface area contributed by atoms with Crippen LogP contribution in [0.1, 0.15) is 61.3 Å². The van der Waals surface area contributed by atoms with Crippen LogP contribution in [0.5, 0.6) is 0 Å². The van der Waals surface area contributed by atoms with Gasteiger partial charge < -0.3 is 9.64 Å². The third-order valence-electron chi connectivity index (χ3n) is 6.22. The second kappa shape index (κ2) is 7.37. The molecule has 0 amide bonds. The molecule has 2 atom stereocenters. The van der Waals surface area contributed by atoms with Gasteiger partial charge in [0.25, 0.3) is 0 Å². The number of hydrogen-bond acceptors (Lipinski definition) is 7. The van der Waals surface area contributed by atoms with E-state index < -0.39 is 0 Å². The summed E-state index contributed by atoms with van der Waals surface area (Å²) in [6.07, 6.45) is 9.48. The number of nitrogens with zero attached hydrogens (tertiary/aromatic N) is 6. The van der Waals surface area contributed by atoms with Gasteiger partial charge in [-0.05, 0) is 12.8 Å². The molecule has 3 aliphatic rings. The lowest BCUT2D eigenvalue weighted by atomic mass is 9.99. The Morgan fingerprint density at radius 3 is 2.61 bits per heavy atom. The second-order valence-electron chi connectivity index (χ2n) is 8.40. The maximum Gasteiger partial charge on any atom is 0.225 e. The molecule has 7 nitrogen and oxygen atoms in total. The van der Waals surface area contributed by atoms with Crippen molar-refractivity contribution in [1.29, 1.82) is 0 Å². The maximum absolute atomic E-state index is 5.45. The molecule has 7 heteroatoms. The van der Waals surface area contributed by atoms with Gasteiger partial charge in [0.05, 0.1) is 18.9 Å². The van der Waals surface area contributed by atoms with Gasteiger partial charge in [-0.25, -0.2) is 19.9 Å². The van der Waals surface area contributed by atoms with Crippen molar-refractivity contribution >= 4 is 5.95 Å². The van der Waals surface area contributed by atoms with Crippen molar-refractivity contribution in [2.75, 3.05) is 31.2 Å². The first-order chi connectivity index (χ1) is 13.7. The fourth-order valence-corrected chi connectivity index (χ4v) is 4.68. The zero-order chi connectivity index (χ0) is 19.1. The van der Waals surface area contributed by atoms with E-state index in [-0.39, 0.29) is 0 Å². The van der Waals surface area contributed by atoms with Crippen molar-refractivity contribution in [2.24, 2.45) is 0 Å². The first-order valence-electron chi connectivity index (χ1n) is 10.4. The lowest BCUT2D eigenvalue weighted by Gasteiger charge is -2.36.